The van der Waals surface area contributed by atoms with Crippen molar-refractivity contribution in [2.24, 2.45) is 0 Å². The van der Waals surface area contributed by atoms with Crippen LogP contribution in [0.2, 0.25) is 0 Å². The van der Waals surface area contributed by atoms with Crippen molar-refractivity contribution in [1.29, 1.82) is 0 Å². The van der Waals surface area contributed by atoms with E-state index in [9.17, 15) is 4.79 Å². The monoisotopic (exact) mass is 265 g/mol. The fourth-order valence-electron chi connectivity index (χ4n) is 2.52. The molecule has 0 radical (unpaired) electrons. The lowest BCUT2D eigenvalue weighted by molar-refractivity contribution is -0.136. The van der Waals surface area contributed by atoms with E-state index >= 15 is 0 Å². The number of fused-ring (bicyclic) bond motifs is 1. The summed E-state index contributed by atoms with van der Waals surface area (Å²) in [5, 5.41) is 14.4. The summed E-state index contributed by atoms with van der Waals surface area (Å²) >= 11 is 1.60. The van der Waals surface area contributed by atoms with E-state index in [0.717, 1.165) is 9.97 Å². The van der Waals surface area contributed by atoms with Crippen molar-refractivity contribution in [2.75, 3.05) is 0 Å². The molecule has 3 rings (SSSR count). The third kappa shape index (κ3) is 2.25. The van der Waals surface area contributed by atoms with Gasteiger partial charge in [0.15, 0.2) is 0 Å². The molecule has 1 N–H and O–H groups in total. The fourth-order valence-corrected chi connectivity index (χ4v) is 3.58. The molecule has 2 aromatic heterocycles. The smallest absolute Gasteiger partial charge is 0.309 e. The molecule has 0 atom stereocenters. The third-order valence-electron chi connectivity index (χ3n) is 3.40. The number of hydrogen-bond donors (Lipinski definition) is 1. The van der Waals surface area contributed by atoms with Gasteiger partial charge in [0.05, 0.1) is 18.3 Å². The molecule has 0 spiro atoms. The molecule has 0 aromatic carbocycles. The quantitative estimate of drug-likeness (QED) is 0.925. The average molecular weight is 265 g/mol. The first-order valence-electron chi connectivity index (χ1n) is 6.29. The summed E-state index contributed by atoms with van der Waals surface area (Å²) in [5.41, 5.74) is 0.580. The van der Waals surface area contributed by atoms with Crippen molar-refractivity contribution < 1.29 is 9.90 Å². The topological polar surface area (TPSA) is 67.5 Å². The Morgan fingerprint density at radius 2 is 2.22 bits per heavy atom. The lowest BCUT2D eigenvalue weighted by Crippen LogP contribution is -2.04. The van der Waals surface area contributed by atoms with Crippen LogP contribution in [-0.4, -0.2) is 25.7 Å². The van der Waals surface area contributed by atoms with Gasteiger partial charge in [-0.1, -0.05) is 30.6 Å². The largest absolute Gasteiger partial charge is 0.481 e. The van der Waals surface area contributed by atoms with Gasteiger partial charge in [-0.15, -0.1) is 0 Å². The van der Waals surface area contributed by atoms with Crippen LogP contribution in [0.4, 0.5) is 0 Å². The molecule has 6 heteroatoms. The highest BCUT2D eigenvalue weighted by Gasteiger charge is 2.20. The zero-order valence-electron chi connectivity index (χ0n) is 10.0. The molecule has 1 aliphatic rings. The van der Waals surface area contributed by atoms with Gasteiger partial charge < -0.3 is 5.11 Å². The van der Waals surface area contributed by atoms with E-state index in [1.54, 1.807) is 22.0 Å². The minimum Gasteiger partial charge on any atom is -0.481 e. The Morgan fingerprint density at radius 1 is 1.44 bits per heavy atom. The minimum absolute atomic E-state index is 0.0329. The molecule has 0 unspecified atom stereocenters. The molecule has 96 valence electrons. The third-order valence-corrected chi connectivity index (χ3v) is 4.48. The van der Waals surface area contributed by atoms with Crippen molar-refractivity contribution in [3.05, 3.63) is 16.9 Å². The molecule has 1 fully saturated rings. The van der Waals surface area contributed by atoms with Gasteiger partial charge in [0.25, 0.3) is 0 Å². The van der Waals surface area contributed by atoms with Gasteiger partial charge >= 0.3 is 5.97 Å². The van der Waals surface area contributed by atoms with E-state index in [-0.39, 0.29) is 6.42 Å². The fraction of sp³-hybridized carbons (Fsp3) is 0.583. The number of carbonyl (C=O) groups is 1. The van der Waals surface area contributed by atoms with Crippen LogP contribution in [0, 0.1) is 0 Å². The van der Waals surface area contributed by atoms with E-state index in [0.29, 0.717) is 11.6 Å². The van der Waals surface area contributed by atoms with Crippen LogP contribution in [0.3, 0.4) is 0 Å². The summed E-state index contributed by atoms with van der Waals surface area (Å²) in [5.74, 6) is -0.276. The summed E-state index contributed by atoms with van der Waals surface area (Å²) < 4.78 is 1.73. The number of carboxylic acids is 1. The van der Waals surface area contributed by atoms with Crippen LogP contribution in [0.5, 0.6) is 0 Å². The Kier molecular flexibility index (Phi) is 3.03. The van der Waals surface area contributed by atoms with Crippen LogP contribution in [0.1, 0.15) is 48.7 Å². The van der Waals surface area contributed by atoms with Gasteiger partial charge in [-0.25, -0.2) is 9.50 Å². The van der Waals surface area contributed by atoms with Gasteiger partial charge in [-0.3, -0.25) is 4.79 Å². The van der Waals surface area contributed by atoms with Crippen molar-refractivity contribution in [3.8, 4) is 0 Å². The lowest BCUT2D eigenvalue weighted by atomic mass is 9.90. The van der Waals surface area contributed by atoms with Crippen molar-refractivity contribution >= 4 is 22.3 Å². The number of imidazole rings is 1. The maximum atomic E-state index is 10.6. The molecule has 0 saturated heterocycles. The highest BCUT2D eigenvalue weighted by molar-refractivity contribution is 7.16. The Labute approximate surface area is 108 Å². The van der Waals surface area contributed by atoms with Gasteiger partial charge in [0.2, 0.25) is 4.96 Å². The number of carboxylic acid groups (broad SMARTS) is 1. The molecule has 0 aliphatic heterocycles. The molecule has 2 aromatic rings. The van der Waals surface area contributed by atoms with E-state index in [4.69, 9.17) is 5.11 Å². The summed E-state index contributed by atoms with van der Waals surface area (Å²) in [6.45, 7) is 0. The maximum absolute atomic E-state index is 10.6. The number of rotatable bonds is 3. The van der Waals surface area contributed by atoms with Gasteiger partial charge in [-0.2, -0.15) is 5.10 Å². The number of aliphatic carboxylic acids is 1. The van der Waals surface area contributed by atoms with E-state index in [1.807, 2.05) is 0 Å². The highest BCUT2D eigenvalue weighted by Crippen LogP contribution is 2.34. The second-order valence-electron chi connectivity index (χ2n) is 4.81. The molecule has 0 bridgehead atoms. The highest BCUT2D eigenvalue weighted by atomic mass is 32.1. The first-order chi connectivity index (χ1) is 8.72. The van der Waals surface area contributed by atoms with E-state index in [1.165, 1.54) is 32.1 Å². The zero-order chi connectivity index (χ0) is 12.5. The standard InChI is InChI=1S/C12H15N3O2S/c16-10(17)6-9-7-15-12(13-9)18-11(14-15)8-4-2-1-3-5-8/h7-8H,1-6H2,(H,16,17). The second kappa shape index (κ2) is 4.68. The van der Waals surface area contributed by atoms with Crippen LogP contribution in [-0.2, 0) is 11.2 Å². The second-order valence-corrected chi connectivity index (χ2v) is 5.79. The van der Waals surface area contributed by atoms with Crippen LogP contribution in [0.25, 0.3) is 4.96 Å². The van der Waals surface area contributed by atoms with Crippen molar-refractivity contribution in [2.45, 2.75) is 44.4 Å². The van der Waals surface area contributed by atoms with Gasteiger partial charge in [-0.05, 0) is 12.8 Å². The summed E-state index contributed by atoms with van der Waals surface area (Å²) in [4.78, 5) is 15.7. The first kappa shape index (κ1) is 11.6. The number of hydrogen-bond acceptors (Lipinski definition) is 4. The summed E-state index contributed by atoms with van der Waals surface area (Å²) in [7, 11) is 0. The molecular weight excluding hydrogens is 250 g/mol. The van der Waals surface area contributed by atoms with Crippen molar-refractivity contribution in [3.63, 3.8) is 0 Å². The van der Waals surface area contributed by atoms with E-state index in [2.05, 4.69) is 10.1 Å². The van der Waals surface area contributed by atoms with Gasteiger partial charge in [0, 0.05) is 5.92 Å². The lowest BCUT2D eigenvalue weighted by Gasteiger charge is -2.18. The molecular formula is C12H15N3O2S. The normalized spacial score (nSPS) is 17.3. The minimum atomic E-state index is -0.853. The Bertz CT molecular complexity index is 537. The summed E-state index contributed by atoms with van der Waals surface area (Å²) in [6.07, 6.45) is 8.05. The Morgan fingerprint density at radius 3 is 2.89 bits per heavy atom. The molecule has 18 heavy (non-hydrogen) atoms. The van der Waals surface area contributed by atoms with Crippen molar-refractivity contribution in [1.82, 2.24) is 14.6 Å². The van der Waals surface area contributed by atoms with Crippen LogP contribution >= 0.6 is 11.3 Å². The summed E-state index contributed by atoms with van der Waals surface area (Å²) in [6, 6.07) is 0. The van der Waals surface area contributed by atoms with E-state index < -0.39 is 5.97 Å². The number of aromatic nitrogens is 3. The molecule has 2 heterocycles. The van der Waals surface area contributed by atoms with Crippen LogP contribution < -0.4 is 0 Å². The van der Waals surface area contributed by atoms with Crippen LogP contribution in [0.15, 0.2) is 6.20 Å². The van der Waals surface area contributed by atoms with Gasteiger partial charge in [0.1, 0.15) is 5.01 Å². The maximum Gasteiger partial charge on any atom is 0.309 e. The Balaban J connectivity index is 1.83. The zero-order valence-corrected chi connectivity index (χ0v) is 10.8. The molecule has 1 saturated carbocycles. The predicted octanol–water partition coefficient (Wildman–Crippen LogP) is 2.47. The molecule has 0 amide bonds. The Hall–Kier alpha value is -1.43. The number of nitrogens with zero attached hydrogens (tertiary/aromatic N) is 3. The predicted molar refractivity (Wildman–Crippen MR) is 68.0 cm³/mol. The SMILES string of the molecule is O=C(O)Cc1cn2nc(C3CCCCC3)sc2n1. The molecule has 1 aliphatic carbocycles. The first-order valence-corrected chi connectivity index (χ1v) is 7.11. The molecule has 5 nitrogen and oxygen atoms in total. The average Bonchev–Trinajstić information content (AvgIpc) is 2.87.